The second kappa shape index (κ2) is 7.98. The fraction of sp³-hybridized carbons (Fsp3) is 0.619. The van der Waals surface area contributed by atoms with E-state index in [1.165, 1.54) is 0 Å². The normalized spacial score (nSPS) is 17.0. The molecule has 1 aromatic rings. The van der Waals surface area contributed by atoms with Crippen molar-refractivity contribution in [2.24, 2.45) is 5.41 Å². The topological polar surface area (TPSA) is 84.9 Å². The van der Waals surface area contributed by atoms with Crippen molar-refractivity contribution >= 4 is 11.9 Å². The molecule has 1 heterocycles. The quantitative estimate of drug-likeness (QED) is 0.748. The molecule has 2 rings (SSSR count). The highest BCUT2D eigenvalue weighted by Gasteiger charge is 2.32. The fourth-order valence-electron chi connectivity index (χ4n) is 3.15. The molecule has 1 aliphatic rings. The molecule has 1 aliphatic heterocycles. The van der Waals surface area contributed by atoms with E-state index in [1.807, 2.05) is 32.9 Å². The maximum absolute atomic E-state index is 13.3. The van der Waals surface area contributed by atoms with E-state index in [2.05, 4.69) is 26.1 Å². The highest BCUT2D eigenvalue weighted by atomic mass is 16.7. The van der Waals surface area contributed by atoms with Crippen LogP contribution in [-0.2, 0) is 14.9 Å². The lowest BCUT2D eigenvalue weighted by molar-refractivity contribution is -0.0446. The van der Waals surface area contributed by atoms with Crippen molar-refractivity contribution in [3.63, 3.8) is 0 Å². The van der Waals surface area contributed by atoms with E-state index in [9.17, 15) is 14.7 Å². The van der Waals surface area contributed by atoms with Gasteiger partial charge in [-0.25, -0.2) is 4.79 Å². The number of carboxylic acid groups (broad SMARTS) is 1. The number of Topliss-reactive ketones (excluding diaryl/α,β-unsaturated/α-hetero) is 1. The average Bonchev–Trinajstić information content (AvgIpc) is 3.04. The molecular weight excluding hydrogens is 346 g/mol. The number of benzene rings is 1. The third kappa shape index (κ3) is 5.78. The molecule has 0 saturated carbocycles. The Morgan fingerprint density at radius 1 is 1.15 bits per heavy atom. The summed E-state index contributed by atoms with van der Waals surface area (Å²) in [5.41, 5.74) is 1.86. The van der Waals surface area contributed by atoms with Gasteiger partial charge in [0.25, 0.3) is 0 Å². The van der Waals surface area contributed by atoms with Gasteiger partial charge in [0.15, 0.2) is 12.1 Å². The summed E-state index contributed by atoms with van der Waals surface area (Å²) in [6, 6.07) is 4.80. The van der Waals surface area contributed by atoms with E-state index in [0.29, 0.717) is 30.8 Å². The van der Waals surface area contributed by atoms with Gasteiger partial charge >= 0.3 is 6.09 Å². The van der Waals surface area contributed by atoms with Crippen LogP contribution in [-0.4, -0.2) is 36.2 Å². The number of nitrogens with one attached hydrogen (secondary N) is 1. The maximum atomic E-state index is 13.3. The Balaban J connectivity index is 2.46. The number of carbonyl (C=O) groups is 2. The highest BCUT2D eigenvalue weighted by molar-refractivity contribution is 6.02. The number of ketones is 1. The Labute approximate surface area is 161 Å². The van der Waals surface area contributed by atoms with E-state index < -0.39 is 18.4 Å². The molecule has 6 heteroatoms. The Morgan fingerprint density at radius 3 is 2.22 bits per heavy atom. The summed E-state index contributed by atoms with van der Waals surface area (Å²) in [4.78, 5) is 24.5. The summed E-state index contributed by atoms with van der Waals surface area (Å²) in [5.74, 6) is -0.262. The molecule has 0 bridgehead atoms. The minimum absolute atomic E-state index is 0.0982. The van der Waals surface area contributed by atoms with Crippen molar-refractivity contribution in [2.45, 2.75) is 65.7 Å². The molecule has 1 saturated heterocycles. The number of rotatable bonds is 5. The zero-order valence-corrected chi connectivity index (χ0v) is 17.1. The lowest BCUT2D eigenvalue weighted by Gasteiger charge is -2.27. The van der Waals surface area contributed by atoms with Crippen LogP contribution < -0.4 is 5.32 Å². The van der Waals surface area contributed by atoms with Crippen molar-refractivity contribution in [3.8, 4) is 0 Å². The summed E-state index contributed by atoms with van der Waals surface area (Å²) in [7, 11) is 0. The SMILES string of the molecule is CC(C)(C)CC(NC(=O)O)C(=O)c1ccc(C(C)(C)C)cc1C1OCCO1. The predicted molar refractivity (Wildman–Crippen MR) is 103 cm³/mol. The van der Waals surface area contributed by atoms with Gasteiger partial charge in [0.1, 0.15) is 0 Å². The van der Waals surface area contributed by atoms with Crippen LogP contribution in [0.4, 0.5) is 4.79 Å². The third-order valence-corrected chi connectivity index (χ3v) is 4.49. The van der Waals surface area contributed by atoms with Crippen LogP contribution in [0.25, 0.3) is 0 Å². The van der Waals surface area contributed by atoms with E-state index in [-0.39, 0.29) is 16.6 Å². The van der Waals surface area contributed by atoms with E-state index in [1.54, 1.807) is 6.07 Å². The molecule has 0 aliphatic carbocycles. The van der Waals surface area contributed by atoms with Crippen LogP contribution in [0.3, 0.4) is 0 Å². The molecule has 1 fully saturated rings. The largest absolute Gasteiger partial charge is 0.465 e. The lowest BCUT2D eigenvalue weighted by atomic mass is 9.82. The molecule has 150 valence electrons. The Hall–Kier alpha value is -1.92. The highest BCUT2D eigenvalue weighted by Crippen LogP contribution is 2.33. The van der Waals surface area contributed by atoms with Crippen LogP contribution in [0, 0.1) is 5.41 Å². The van der Waals surface area contributed by atoms with Gasteiger partial charge in [-0.1, -0.05) is 53.7 Å². The molecule has 27 heavy (non-hydrogen) atoms. The van der Waals surface area contributed by atoms with Crippen LogP contribution in [0.2, 0.25) is 0 Å². The smallest absolute Gasteiger partial charge is 0.405 e. The minimum atomic E-state index is -1.21. The fourth-order valence-corrected chi connectivity index (χ4v) is 3.15. The first-order valence-corrected chi connectivity index (χ1v) is 9.30. The number of hydrogen-bond acceptors (Lipinski definition) is 4. The van der Waals surface area contributed by atoms with Gasteiger partial charge in [0, 0.05) is 11.1 Å². The third-order valence-electron chi connectivity index (χ3n) is 4.49. The summed E-state index contributed by atoms with van der Waals surface area (Å²) in [6.45, 7) is 13.2. The lowest BCUT2D eigenvalue weighted by Crippen LogP contribution is -2.43. The van der Waals surface area contributed by atoms with E-state index in [0.717, 1.165) is 5.56 Å². The van der Waals surface area contributed by atoms with Crippen molar-refractivity contribution < 1.29 is 24.2 Å². The second-order valence-electron chi connectivity index (χ2n) is 9.26. The number of hydrogen-bond donors (Lipinski definition) is 2. The molecule has 6 nitrogen and oxygen atoms in total. The standard InChI is InChI=1S/C21H31NO5/c1-20(2,3)12-16(22-19(24)25)17(23)14-8-7-13(21(4,5)6)11-15(14)18-26-9-10-27-18/h7-8,11,16,18,22H,9-10,12H2,1-6H3,(H,24,25). The molecule has 1 aromatic carbocycles. The van der Waals surface area contributed by atoms with Crippen molar-refractivity contribution in [1.82, 2.24) is 5.32 Å². The average molecular weight is 377 g/mol. The van der Waals surface area contributed by atoms with Gasteiger partial charge in [-0.15, -0.1) is 0 Å². The van der Waals surface area contributed by atoms with Crippen LogP contribution in [0.5, 0.6) is 0 Å². The van der Waals surface area contributed by atoms with Crippen LogP contribution in [0.1, 0.15) is 75.7 Å². The zero-order valence-electron chi connectivity index (χ0n) is 17.1. The molecule has 0 spiro atoms. The number of carbonyl (C=O) groups excluding carboxylic acids is 1. The summed E-state index contributed by atoms with van der Waals surface area (Å²) < 4.78 is 11.3. The van der Waals surface area contributed by atoms with Crippen LogP contribution >= 0.6 is 0 Å². The number of amides is 1. The van der Waals surface area contributed by atoms with Gasteiger partial charge in [0.2, 0.25) is 0 Å². The Kier molecular flexibility index (Phi) is 6.32. The van der Waals surface area contributed by atoms with Gasteiger partial charge in [-0.05, 0) is 28.9 Å². The van der Waals surface area contributed by atoms with Gasteiger partial charge in [-0.3, -0.25) is 4.79 Å². The van der Waals surface area contributed by atoms with Gasteiger partial charge in [0.05, 0.1) is 19.3 Å². The summed E-state index contributed by atoms with van der Waals surface area (Å²) in [5, 5.41) is 11.6. The first kappa shape index (κ1) is 21.4. The van der Waals surface area contributed by atoms with E-state index >= 15 is 0 Å². The Bertz CT molecular complexity index is 694. The molecule has 1 atom stereocenters. The molecule has 0 radical (unpaired) electrons. The number of ether oxygens (including phenoxy) is 2. The molecular formula is C21H31NO5. The molecule has 1 unspecified atom stereocenters. The van der Waals surface area contributed by atoms with Crippen molar-refractivity contribution in [3.05, 3.63) is 34.9 Å². The first-order chi connectivity index (χ1) is 12.4. The molecule has 1 amide bonds. The monoisotopic (exact) mass is 377 g/mol. The van der Waals surface area contributed by atoms with Crippen molar-refractivity contribution in [2.75, 3.05) is 13.2 Å². The maximum Gasteiger partial charge on any atom is 0.405 e. The molecule has 0 aromatic heterocycles. The molecule has 2 N–H and O–H groups in total. The van der Waals surface area contributed by atoms with E-state index in [4.69, 9.17) is 9.47 Å². The summed E-state index contributed by atoms with van der Waals surface area (Å²) in [6.07, 6.45) is -1.42. The zero-order chi connectivity index (χ0) is 20.4. The summed E-state index contributed by atoms with van der Waals surface area (Å²) >= 11 is 0. The second-order valence-corrected chi connectivity index (χ2v) is 9.26. The van der Waals surface area contributed by atoms with Gasteiger partial charge in [-0.2, -0.15) is 0 Å². The minimum Gasteiger partial charge on any atom is -0.465 e. The van der Waals surface area contributed by atoms with Crippen molar-refractivity contribution in [1.29, 1.82) is 0 Å². The van der Waals surface area contributed by atoms with Crippen LogP contribution in [0.15, 0.2) is 18.2 Å². The Morgan fingerprint density at radius 2 is 1.74 bits per heavy atom. The first-order valence-electron chi connectivity index (χ1n) is 9.30. The predicted octanol–water partition coefficient (Wildman–Crippen LogP) is 4.28. The van der Waals surface area contributed by atoms with Gasteiger partial charge < -0.3 is 19.9 Å².